The Morgan fingerprint density at radius 2 is 1.90 bits per heavy atom. The molecule has 0 saturated heterocycles. The molecule has 1 atom stereocenters. The van der Waals surface area contributed by atoms with Gasteiger partial charge in [0.1, 0.15) is 11.6 Å². The minimum Gasteiger partial charge on any atom is -0.478 e. The van der Waals surface area contributed by atoms with Crippen LogP contribution in [0, 0.1) is 5.82 Å². The number of H-pyrrole nitrogens is 1. The largest absolute Gasteiger partial charge is 0.478 e. The number of rotatable bonds is 6. The average Bonchev–Trinajstić information content (AvgIpc) is 2.72. The van der Waals surface area contributed by atoms with Crippen LogP contribution >= 0.6 is 11.6 Å². The highest BCUT2D eigenvalue weighted by atomic mass is 35.5. The van der Waals surface area contributed by atoms with Crippen molar-refractivity contribution < 1.29 is 18.7 Å². The number of esters is 1. The van der Waals surface area contributed by atoms with Crippen molar-refractivity contribution in [3.05, 3.63) is 74.3 Å². The summed E-state index contributed by atoms with van der Waals surface area (Å²) >= 11 is 5.94. The van der Waals surface area contributed by atoms with Crippen molar-refractivity contribution in [2.45, 2.75) is 32.8 Å². The maximum atomic E-state index is 14.5. The number of carbonyl (C=O) groups excluding carboxylic acids is 1. The predicted molar refractivity (Wildman–Crippen MR) is 110 cm³/mol. The van der Waals surface area contributed by atoms with Gasteiger partial charge in [-0.15, -0.1) is 0 Å². The lowest BCUT2D eigenvalue weighted by Gasteiger charge is -2.16. The molecule has 0 spiro atoms. The summed E-state index contributed by atoms with van der Waals surface area (Å²) in [5, 5.41) is 0.674. The SMILES string of the molecule is CCc1[nH]c2c(F)ccc(O[C@@H](C)C(=O)OC)c2c(=O)c1Cc1ccc(Cl)cc1. The number of aromatic nitrogens is 1. The molecule has 7 heteroatoms. The fraction of sp³-hybridized carbons (Fsp3) is 0.273. The first-order valence-electron chi connectivity index (χ1n) is 9.20. The molecular weight excluding hydrogens is 397 g/mol. The normalized spacial score (nSPS) is 12.0. The van der Waals surface area contributed by atoms with Gasteiger partial charge in [-0.05, 0) is 43.2 Å². The Kier molecular flexibility index (Phi) is 6.23. The molecule has 1 heterocycles. The summed E-state index contributed by atoms with van der Waals surface area (Å²) in [4.78, 5) is 28.1. The van der Waals surface area contributed by atoms with Crippen LogP contribution in [0.3, 0.4) is 0 Å². The van der Waals surface area contributed by atoms with E-state index in [9.17, 15) is 14.0 Å². The number of benzene rings is 2. The number of fused-ring (bicyclic) bond motifs is 1. The molecule has 0 fully saturated rings. The molecule has 5 nitrogen and oxygen atoms in total. The van der Waals surface area contributed by atoms with Gasteiger partial charge in [-0.1, -0.05) is 30.7 Å². The summed E-state index contributed by atoms with van der Waals surface area (Å²) in [5.41, 5.74) is 1.78. The fourth-order valence-electron chi connectivity index (χ4n) is 3.22. The molecular formula is C22H21ClFNO4. The topological polar surface area (TPSA) is 68.4 Å². The molecule has 0 unspecified atom stereocenters. The maximum Gasteiger partial charge on any atom is 0.346 e. The molecule has 152 valence electrons. The van der Waals surface area contributed by atoms with Crippen LogP contribution < -0.4 is 10.2 Å². The van der Waals surface area contributed by atoms with E-state index in [2.05, 4.69) is 9.72 Å². The Balaban J connectivity index is 2.17. The number of halogens is 2. The highest BCUT2D eigenvalue weighted by molar-refractivity contribution is 6.30. The lowest BCUT2D eigenvalue weighted by molar-refractivity contribution is -0.147. The minimum absolute atomic E-state index is 0.0567. The zero-order valence-electron chi connectivity index (χ0n) is 16.3. The summed E-state index contributed by atoms with van der Waals surface area (Å²) in [6.07, 6.45) is -0.0654. The maximum absolute atomic E-state index is 14.5. The van der Waals surface area contributed by atoms with Crippen LogP contribution in [-0.2, 0) is 22.4 Å². The van der Waals surface area contributed by atoms with Gasteiger partial charge >= 0.3 is 5.97 Å². The molecule has 0 aliphatic heterocycles. The third-order valence-corrected chi connectivity index (χ3v) is 4.99. The van der Waals surface area contributed by atoms with Crippen LogP contribution in [-0.4, -0.2) is 24.2 Å². The third kappa shape index (κ3) is 4.27. The zero-order chi connectivity index (χ0) is 21.1. The first-order chi connectivity index (χ1) is 13.8. The van der Waals surface area contributed by atoms with E-state index in [0.29, 0.717) is 29.1 Å². The first kappa shape index (κ1) is 20.9. The molecule has 1 N–H and O–H groups in total. The summed E-state index contributed by atoms with van der Waals surface area (Å²) in [7, 11) is 1.25. The van der Waals surface area contributed by atoms with Gasteiger partial charge in [0.05, 0.1) is 18.0 Å². The first-order valence-corrected chi connectivity index (χ1v) is 9.58. The summed E-state index contributed by atoms with van der Waals surface area (Å²) in [6, 6.07) is 9.75. The Morgan fingerprint density at radius 1 is 1.21 bits per heavy atom. The number of ether oxygens (including phenoxy) is 2. The molecule has 0 bridgehead atoms. The van der Waals surface area contributed by atoms with E-state index in [1.165, 1.54) is 26.2 Å². The highest BCUT2D eigenvalue weighted by Gasteiger charge is 2.21. The van der Waals surface area contributed by atoms with Crippen molar-refractivity contribution in [3.8, 4) is 5.75 Å². The molecule has 2 aromatic carbocycles. The van der Waals surface area contributed by atoms with Crippen molar-refractivity contribution in [2.75, 3.05) is 7.11 Å². The van der Waals surface area contributed by atoms with Gasteiger partial charge in [0.25, 0.3) is 0 Å². The van der Waals surface area contributed by atoms with E-state index >= 15 is 0 Å². The lowest BCUT2D eigenvalue weighted by atomic mass is 9.99. The number of nitrogens with one attached hydrogen (secondary N) is 1. The molecule has 1 aromatic heterocycles. The molecule has 0 aliphatic carbocycles. The molecule has 0 radical (unpaired) electrons. The second-order valence-electron chi connectivity index (χ2n) is 6.65. The van der Waals surface area contributed by atoms with E-state index < -0.39 is 17.9 Å². The second kappa shape index (κ2) is 8.66. The van der Waals surface area contributed by atoms with Crippen LogP contribution in [0.1, 0.15) is 30.7 Å². The predicted octanol–water partition coefficient (Wildman–Crippen LogP) is 4.41. The van der Waals surface area contributed by atoms with Crippen LogP contribution in [0.5, 0.6) is 5.75 Å². The standard InChI is InChI=1S/C22H21ClFNO4/c1-4-17-15(11-13-5-7-14(23)8-6-13)21(26)19-18(29-12(2)22(27)28-3)10-9-16(24)20(19)25-17/h5-10,12H,4,11H2,1-3H3,(H,25,26)/t12-/m0/s1. The van der Waals surface area contributed by atoms with Crippen molar-refractivity contribution in [1.82, 2.24) is 4.98 Å². The Morgan fingerprint density at radius 3 is 2.52 bits per heavy atom. The van der Waals surface area contributed by atoms with Crippen molar-refractivity contribution in [3.63, 3.8) is 0 Å². The van der Waals surface area contributed by atoms with Gasteiger partial charge in [-0.25, -0.2) is 9.18 Å². The van der Waals surface area contributed by atoms with Crippen molar-refractivity contribution in [1.29, 1.82) is 0 Å². The van der Waals surface area contributed by atoms with Gasteiger partial charge in [0.2, 0.25) is 0 Å². The van der Waals surface area contributed by atoms with E-state index in [0.717, 1.165) is 5.56 Å². The number of hydrogen-bond acceptors (Lipinski definition) is 4. The zero-order valence-corrected chi connectivity index (χ0v) is 17.1. The van der Waals surface area contributed by atoms with Gasteiger partial charge in [0, 0.05) is 22.7 Å². The quantitative estimate of drug-likeness (QED) is 0.603. The van der Waals surface area contributed by atoms with E-state index in [4.69, 9.17) is 16.3 Å². The summed E-state index contributed by atoms with van der Waals surface area (Å²) < 4.78 is 24.8. The van der Waals surface area contributed by atoms with Crippen LogP contribution in [0.25, 0.3) is 10.9 Å². The summed E-state index contributed by atoms with van der Waals surface area (Å²) in [5.74, 6) is -1.03. The van der Waals surface area contributed by atoms with Gasteiger partial charge < -0.3 is 14.5 Å². The number of aryl methyl sites for hydroxylation is 1. The van der Waals surface area contributed by atoms with Crippen molar-refractivity contribution >= 4 is 28.5 Å². The average molecular weight is 418 g/mol. The Bertz CT molecular complexity index is 1110. The fourth-order valence-corrected chi connectivity index (χ4v) is 3.34. The van der Waals surface area contributed by atoms with E-state index in [1.807, 2.05) is 19.1 Å². The molecule has 0 saturated carbocycles. The number of carbonyl (C=O) groups is 1. The van der Waals surface area contributed by atoms with Gasteiger partial charge in [-0.3, -0.25) is 4.79 Å². The number of pyridine rings is 1. The molecule has 0 aliphatic rings. The highest BCUT2D eigenvalue weighted by Crippen LogP contribution is 2.27. The Labute approximate surface area is 172 Å². The molecule has 3 rings (SSSR count). The second-order valence-corrected chi connectivity index (χ2v) is 7.08. The van der Waals surface area contributed by atoms with E-state index in [-0.39, 0.29) is 22.1 Å². The number of aromatic amines is 1. The van der Waals surface area contributed by atoms with Gasteiger partial charge in [0.15, 0.2) is 11.5 Å². The summed E-state index contributed by atoms with van der Waals surface area (Å²) in [6.45, 7) is 3.39. The van der Waals surface area contributed by atoms with Crippen LogP contribution in [0.2, 0.25) is 5.02 Å². The number of methoxy groups -OCH3 is 1. The monoisotopic (exact) mass is 417 g/mol. The Hall–Kier alpha value is -2.86. The van der Waals surface area contributed by atoms with E-state index in [1.54, 1.807) is 12.1 Å². The number of hydrogen-bond donors (Lipinski definition) is 1. The third-order valence-electron chi connectivity index (χ3n) is 4.74. The lowest BCUT2D eigenvalue weighted by Crippen LogP contribution is -2.26. The van der Waals surface area contributed by atoms with Crippen molar-refractivity contribution in [2.24, 2.45) is 0 Å². The smallest absolute Gasteiger partial charge is 0.346 e. The molecule has 3 aromatic rings. The van der Waals surface area contributed by atoms with Gasteiger partial charge in [-0.2, -0.15) is 0 Å². The minimum atomic E-state index is -0.946. The molecule has 29 heavy (non-hydrogen) atoms. The van der Waals surface area contributed by atoms with Crippen LogP contribution in [0.15, 0.2) is 41.2 Å². The molecule has 0 amide bonds. The van der Waals surface area contributed by atoms with Crippen LogP contribution in [0.4, 0.5) is 4.39 Å².